The summed E-state index contributed by atoms with van der Waals surface area (Å²) in [5.74, 6) is -0.422. The lowest BCUT2D eigenvalue weighted by molar-refractivity contribution is -0.123. The van der Waals surface area contributed by atoms with Crippen LogP contribution in [0.15, 0.2) is 30.4 Å². The number of nitrogens with one attached hydrogen (secondary N) is 2. The quantitative estimate of drug-likeness (QED) is 0.469. The monoisotopic (exact) mass is 330 g/mol. The number of barbiturate groups is 1. The number of carbonyl (C=O) groups excluding carboxylic acids is 3. The number of urea groups is 1. The van der Waals surface area contributed by atoms with E-state index in [0.29, 0.717) is 30.1 Å². The van der Waals surface area contributed by atoms with Crippen LogP contribution in [0.3, 0.4) is 0 Å². The van der Waals surface area contributed by atoms with E-state index in [0.717, 1.165) is 5.56 Å². The van der Waals surface area contributed by atoms with Crippen molar-refractivity contribution in [3.05, 3.63) is 41.5 Å². The van der Waals surface area contributed by atoms with Crippen LogP contribution in [-0.2, 0) is 16.0 Å². The normalized spacial score (nSPS) is 13.9. The molecule has 0 unspecified atom stereocenters. The van der Waals surface area contributed by atoms with E-state index in [1.165, 1.54) is 13.2 Å². The van der Waals surface area contributed by atoms with Gasteiger partial charge in [0.25, 0.3) is 11.8 Å². The molecule has 0 saturated carbocycles. The fraction of sp³-hybridized carbons (Fsp3) is 0.235. The molecule has 2 N–H and O–H groups in total. The lowest BCUT2D eigenvalue weighted by Gasteiger charge is -2.16. The smallest absolute Gasteiger partial charge is 0.328 e. The highest BCUT2D eigenvalue weighted by molar-refractivity contribution is 6.31. The Kier molecular flexibility index (Phi) is 5.36. The predicted octanol–water partition coefficient (Wildman–Crippen LogP) is 1.57. The number of hydrogen-bond donors (Lipinski definition) is 2. The van der Waals surface area contributed by atoms with Crippen molar-refractivity contribution in [3.63, 3.8) is 0 Å². The summed E-state index contributed by atoms with van der Waals surface area (Å²) >= 11 is 0. The minimum absolute atomic E-state index is 0.162. The fourth-order valence-corrected chi connectivity index (χ4v) is 2.31. The van der Waals surface area contributed by atoms with Gasteiger partial charge in [-0.2, -0.15) is 0 Å². The number of methoxy groups -OCH3 is 1. The van der Waals surface area contributed by atoms with E-state index < -0.39 is 17.8 Å². The molecule has 7 heteroatoms. The van der Waals surface area contributed by atoms with Crippen LogP contribution >= 0.6 is 0 Å². The van der Waals surface area contributed by atoms with Crippen LogP contribution in [0.4, 0.5) is 4.79 Å². The van der Waals surface area contributed by atoms with Crippen molar-refractivity contribution in [1.29, 1.82) is 0 Å². The molecule has 1 saturated heterocycles. The Morgan fingerprint density at radius 3 is 2.38 bits per heavy atom. The Morgan fingerprint density at radius 1 is 1.17 bits per heavy atom. The number of imide groups is 2. The lowest BCUT2D eigenvalue weighted by atomic mass is 10.0. The molecular weight excluding hydrogens is 312 g/mol. The van der Waals surface area contributed by atoms with Crippen molar-refractivity contribution >= 4 is 23.9 Å². The Morgan fingerprint density at radius 2 is 1.83 bits per heavy atom. The van der Waals surface area contributed by atoms with Crippen molar-refractivity contribution in [2.45, 2.75) is 13.3 Å². The SMILES string of the molecule is C=CCc1cc(C=C2C(=O)NC(=O)NC2=O)cc(OC)c1OCC. The van der Waals surface area contributed by atoms with Crippen LogP contribution in [-0.4, -0.2) is 31.6 Å². The standard InChI is InChI=1S/C17H18N2O5/c1-4-6-11-7-10(9-13(23-3)14(11)24-5-2)8-12-15(20)18-17(22)19-16(12)21/h4,7-9H,1,5-6H2,2-3H3,(H2,18,19,20,21,22). The maximum absolute atomic E-state index is 11.8. The maximum atomic E-state index is 11.8. The van der Waals surface area contributed by atoms with Gasteiger partial charge < -0.3 is 9.47 Å². The second-order valence-electron chi connectivity index (χ2n) is 4.93. The van der Waals surface area contributed by atoms with Gasteiger partial charge in [-0.15, -0.1) is 6.58 Å². The van der Waals surface area contributed by atoms with Crippen LogP contribution < -0.4 is 20.1 Å². The summed E-state index contributed by atoms with van der Waals surface area (Å²) in [7, 11) is 1.51. The van der Waals surface area contributed by atoms with E-state index >= 15 is 0 Å². The second kappa shape index (κ2) is 7.45. The molecule has 2 rings (SSSR count). The van der Waals surface area contributed by atoms with Gasteiger partial charge in [0.05, 0.1) is 13.7 Å². The zero-order valence-electron chi connectivity index (χ0n) is 13.5. The van der Waals surface area contributed by atoms with Crippen molar-refractivity contribution in [3.8, 4) is 11.5 Å². The topological polar surface area (TPSA) is 93.7 Å². The van der Waals surface area contributed by atoms with Crippen molar-refractivity contribution in [2.75, 3.05) is 13.7 Å². The number of benzene rings is 1. The molecule has 126 valence electrons. The Bertz CT molecular complexity index is 715. The summed E-state index contributed by atoms with van der Waals surface area (Å²) in [4.78, 5) is 34.7. The molecule has 0 radical (unpaired) electrons. The van der Waals surface area contributed by atoms with Gasteiger partial charge in [-0.1, -0.05) is 6.08 Å². The molecule has 7 nitrogen and oxygen atoms in total. The van der Waals surface area contributed by atoms with E-state index in [1.807, 2.05) is 17.6 Å². The van der Waals surface area contributed by atoms with Gasteiger partial charge in [-0.05, 0) is 37.1 Å². The molecule has 0 bridgehead atoms. The molecule has 0 aliphatic carbocycles. The largest absolute Gasteiger partial charge is 0.493 e. The number of ether oxygens (including phenoxy) is 2. The molecule has 1 fully saturated rings. The first-order valence-electron chi connectivity index (χ1n) is 7.33. The van der Waals surface area contributed by atoms with Crippen LogP contribution in [0.1, 0.15) is 18.1 Å². The maximum Gasteiger partial charge on any atom is 0.328 e. The first-order valence-corrected chi connectivity index (χ1v) is 7.33. The Hall–Kier alpha value is -3.09. The summed E-state index contributed by atoms with van der Waals surface area (Å²) < 4.78 is 11.0. The zero-order chi connectivity index (χ0) is 17.7. The lowest BCUT2D eigenvalue weighted by Crippen LogP contribution is -2.51. The Balaban J connectivity index is 2.50. The molecule has 1 aliphatic rings. The van der Waals surface area contributed by atoms with Crippen molar-refractivity contribution in [1.82, 2.24) is 10.6 Å². The summed E-state index contributed by atoms with van der Waals surface area (Å²) in [5, 5.41) is 4.06. The van der Waals surface area contributed by atoms with Gasteiger partial charge in [0.15, 0.2) is 11.5 Å². The molecule has 4 amide bonds. The third-order valence-corrected chi connectivity index (χ3v) is 3.28. The highest BCUT2D eigenvalue weighted by Crippen LogP contribution is 2.34. The van der Waals surface area contributed by atoms with Gasteiger partial charge >= 0.3 is 6.03 Å². The average molecular weight is 330 g/mol. The van der Waals surface area contributed by atoms with E-state index in [4.69, 9.17) is 9.47 Å². The van der Waals surface area contributed by atoms with Gasteiger partial charge in [0, 0.05) is 5.56 Å². The number of hydrogen-bond acceptors (Lipinski definition) is 5. The van der Waals surface area contributed by atoms with Crippen LogP contribution in [0.2, 0.25) is 0 Å². The predicted molar refractivity (Wildman–Crippen MR) is 87.7 cm³/mol. The van der Waals surface area contributed by atoms with Gasteiger partial charge in [0.2, 0.25) is 0 Å². The number of rotatable bonds is 6. The molecule has 0 atom stereocenters. The van der Waals surface area contributed by atoms with Crippen molar-refractivity contribution in [2.24, 2.45) is 0 Å². The van der Waals surface area contributed by atoms with Gasteiger partial charge in [-0.3, -0.25) is 20.2 Å². The molecule has 1 aromatic carbocycles. The summed E-state index contributed by atoms with van der Waals surface area (Å²) in [6.45, 7) is 6.04. The molecule has 1 aromatic rings. The average Bonchev–Trinajstić information content (AvgIpc) is 2.53. The second-order valence-corrected chi connectivity index (χ2v) is 4.93. The van der Waals surface area contributed by atoms with E-state index in [-0.39, 0.29) is 5.57 Å². The zero-order valence-corrected chi connectivity index (χ0v) is 13.5. The van der Waals surface area contributed by atoms with Gasteiger partial charge in [-0.25, -0.2) is 4.79 Å². The summed E-state index contributed by atoms with van der Waals surface area (Å²) in [5.41, 5.74) is 1.22. The van der Waals surface area contributed by atoms with E-state index in [1.54, 1.807) is 18.2 Å². The molecule has 0 aromatic heterocycles. The summed E-state index contributed by atoms with van der Waals surface area (Å²) in [6, 6.07) is 2.60. The molecule has 1 heterocycles. The van der Waals surface area contributed by atoms with Crippen LogP contribution in [0.25, 0.3) is 6.08 Å². The van der Waals surface area contributed by atoms with Crippen molar-refractivity contribution < 1.29 is 23.9 Å². The highest BCUT2D eigenvalue weighted by Gasteiger charge is 2.27. The van der Waals surface area contributed by atoms with Crippen LogP contribution in [0.5, 0.6) is 11.5 Å². The number of amides is 4. The molecule has 1 aliphatic heterocycles. The van der Waals surface area contributed by atoms with Crippen LogP contribution in [0, 0.1) is 0 Å². The third-order valence-electron chi connectivity index (χ3n) is 3.28. The highest BCUT2D eigenvalue weighted by atomic mass is 16.5. The fourth-order valence-electron chi connectivity index (χ4n) is 2.31. The minimum atomic E-state index is -0.834. The van der Waals surface area contributed by atoms with E-state index in [9.17, 15) is 14.4 Å². The molecule has 0 spiro atoms. The number of allylic oxidation sites excluding steroid dienone is 1. The Labute approximate surface area is 139 Å². The minimum Gasteiger partial charge on any atom is -0.493 e. The third kappa shape index (κ3) is 3.62. The number of carbonyl (C=O) groups is 3. The van der Waals surface area contributed by atoms with Gasteiger partial charge in [0.1, 0.15) is 5.57 Å². The molecular formula is C17H18N2O5. The van der Waals surface area contributed by atoms with E-state index in [2.05, 4.69) is 6.58 Å². The summed E-state index contributed by atoms with van der Waals surface area (Å²) in [6.07, 6.45) is 3.63. The first-order chi connectivity index (χ1) is 11.5. The molecule has 24 heavy (non-hydrogen) atoms. The first kappa shape index (κ1) is 17.3.